The van der Waals surface area contributed by atoms with Crippen LogP contribution in [0.3, 0.4) is 0 Å². The van der Waals surface area contributed by atoms with Gasteiger partial charge in [0.15, 0.2) is 6.10 Å². The fraction of sp³-hybridized carbons (Fsp3) is 0.764. The molecular weight excluding hydrogens is 757 g/mol. The molecule has 0 heterocycles. The number of unbranched alkanes of at least 4 members (excludes halogenated alkanes) is 29. The van der Waals surface area contributed by atoms with Gasteiger partial charge >= 0.3 is 17.9 Å². The summed E-state index contributed by atoms with van der Waals surface area (Å²) in [6.07, 6.45) is 60.6. The van der Waals surface area contributed by atoms with Gasteiger partial charge in [0.2, 0.25) is 0 Å². The van der Waals surface area contributed by atoms with E-state index < -0.39 is 6.10 Å². The molecule has 61 heavy (non-hydrogen) atoms. The summed E-state index contributed by atoms with van der Waals surface area (Å²) >= 11 is 0. The van der Waals surface area contributed by atoms with Crippen LogP contribution < -0.4 is 0 Å². The molecule has 0 aliphatic rings. The third-order valence-corrected chi connectivity index (χ3v) is 11.2. The molecule has 352 valence electrons. The molecule has 0 aromatic heterocycles. The van der Waals surface area contributed by atoms with Crippen molar-refractivity contribution in [1.82, 2.24) is 0 Å². The van der Waals surface area contributed by atoms with Crippen molar-refractivity contribution < 1.29 is 28.6 Å². The molecule has 0 saturated carbocycles. The van der Waals surface area contributed by atoms with Crippen LogP contribution in [0.5, 0.6) is 0 Å². The second kappa shape index (κ2) is 49.8. The Kier molecular flexibility index (Phi) is 47.4. The van der Waals surface area contributed by atoms with Crippen molar-refractivity contribution >= 4 is 17.9 Å². The summed E-state index contributed by atoms with van der Waals surface area (Å²) in [5, 5.41) is 0. The Hall–Kier alpha value is -2.89. The Morgan fingerprint density at radius 1 is 0.344 bits per heavy atom. The molecule has 0 rings (SSSR count). The average Bonchev–Trinajstić information content (AvgIpc) is 3.26. The van der Waals surface area contributed by atoms with Gasteiger partial charge in [0.1, 0.15) is 13.2 Å². The highest BCUT2D eigenvalue weighted by Crippen LogP contribution is 2.16. The molecule has 0 aromatic rings. The molecule has 6 nitrogen and oxygen atoms in total. The Bertz CT molecular complexity index is 1120. The van der Waals surface area contributed by atoms with E-state index in [4.69, 9.17) is 14.2 Å². The predicted octanol–water partition coefficient (Wildman–Crippen LogP) is 16.9. The Labute approximate surface area is 377 Å². The first-order valence-corrected chi connectivity index (χ1v) is 25.9. The van der Waals surface area contributed by atoms with Crippen LogP contribution in [0.2, 0.25) is 0 Å². The van der Waals surface area contributed by atoms with Gasteiger partial charge in [0, 0.05) is 19.3 Å². The normalized spacial score (nSPS) is 12.5. The molecule has 0 amide bonds. The Morgan fingerprint density at radius 2 is 0.639 bits per heavy atom. The van der Waals surface area contributed by atoms with Gasteiger partial charge < -0.3 is 14.2 Å². The second-order valence-electron chi connectivity index (χ2n) is 17.2. The maximum Gasteiger partial charge on any atom is 0.306 e. The van der Waals surface area contributed by atoms with Crippen LogP contribution in [-0.4, -0.2) is 37.2 Å². The summed E-state index contributed by atoms with van der Waals surface area (Å²) < 4.78 is 16.8. The topological polar surface area (TPSA) is 78.9 Å². The second-order valence-corrected chi connectivity index (χ2v) is 17.2. The highest BCUT2D eigenvalue weighted by molar-refractivity contribution is 5.71. The van der Waals surface area contributed by atoms with Gasteiger partial charge in [-0.2, -0.15) is 0 Å². The van der Waals surface area contributed by atoms with E-state index in [-0.39, 0.29) is 37.5 Å². The zero-order chi connectivity index (χ0) is 44.4. The third kappa shape index (κ3) is 48.0. The maximum atomic E-state index is 12.8. The monoisotopic (exact) mass is 853 g/mol. The predicted molar refractivity (Wildman–Crippen MR) is 261 cm³/mol. The van der Waals surface area contributed by atoms with E-state index in [2.05, 4.69) is 32.9 Å². The van der Waals surface area contributed by atoms with E-state index in [0.717, 1.165) is 64.2 Å². The Balaban J connectivity index is 4.42. The van der Waals surface area contributed by atoms with Crippen molar-refractivity contribution in [3.8, 4) is 0 Å². The summed E-state index contributed by atoms with van der Waals surface area (Å²) in [5.74, 6) is -0.923. The van der Waals surface area contributed by atoms with E-state index in [0.29, 0.717) is 19.3 Å². The number of ether oxygens (including phenoxy) is 3. The molecular formula is C55H96O6. The fourth-order valence-corrected chi connectivity index (χ4v) is 7.29. The summed E-state index contributed by atoms with van der Waals surface area (Å²) in [6, 6.07) is 0. The molecule has 0 fully saturated rings. The zero-order valence-electron chi connectivity index (χ0n) is 40.2. The molecule has 0 spiro atoms. The van der Waals surface area contributed by atoms with E-state index in [9.17, 15) is 14.4 Å². The number of rotatable bonds is 46. The van der Waals surface area contributed by atoms with Crippen molar-refractivity contribution in [2.45, 2.75) is 258 Å². The summed E-state index contributed by atoms with van der Waals surface area (Å²) in [6.45, 7) is 6.47. The van der Waals surface area contributed by atoms with Crippen LogP contribution >= 0.6 is 0 Å². The van der Waals surface area contributed by atoms with Crippen molar-refractivity contribution in [2.75, 3.05) is 13.2 Å². The number of carbonyl (C=O) groups is 3. The van der Waals surface area contributed by atoms with Crippen LogP contribution in [0.25, 0.3) is 0 Å². The van der Waals surface area contributed by atoms with Crippen molar-refractivity contribution in [3.63, 3.8) is 0 Å². The lowest BCUT2D eigenvalue weighted by Gasteiger charge is -2.18. The van der Waals surface area contributed by atoms with Gasteiger partial charge in [0.05, 0.1) is 0 Å². The van der Waals surface area contributed by atoms with Gasteiger partial charge in [-0.1, -0.05) is 255 Å². The summed E-state index contributed by atoms with van der Waals surface area (Å²) in [5.41, 5.74) is 0. The number of hydrogen-bond acceptors (Lipinski definition) is 6. The smallest absolute Gasteiger partial charge is 0.306 e. The lowest BCUT2D eigenvalue weighted by molar-refractivity contribution is -0.167. The van der Waals surface area contributed by atoms with Crippen LogP contribution in [0.15, 0.2) is 60.8 Å². The molecule has 0 radical (unpaired) electrons. The first-order valence-electron chi connectivity index (χ1n) is 25.9. The van der Waals surface area contributed by atoms with E-state index in [1.54, 1.807) is 0 Å². The van der Waals surface area contributed by atoms with Crippen LogP contribution in [-0.2, 0) is 28.6 Å². The number of carbonyl (C=O) groups excluding carboxylic acids is 3. The highest BCUT2D eigenvalue weighted by Gasteiger charge is 2.19. The van der Waals surface area contributed by atoms with Crippen LogP contribution in [0.1, 0.15) is 252 Å². The number of hydrogen-bond donors (Lipinski definition) is 0. The molecule has 1 unspecified atom stereocenters. The molecule has 0 N–H and O–H groups in total. The first-order chi connectivity index (χ1) is 30.0. The molecule has 0 aliphatic heterocycles. The minimum atomic E-state index is -0.791. The molecule has 0 aromatic carbocycles. The largest absolute Gasteiger partial charge is 0.462 e. The van der Waals surface area contributed by atoms with Crippen molar-refractivity contribution in [2.24, 2.45) is 0 Å². The van der Waals surface area contributed by atoms with E-state index in [1.807, 2.05) is 48.6 Å². The third-order valence-electron chi connectivity index (χ3n) is 11.2. The van der Waals surface area contributed by atoms with Crippen LogP contribution in [0.4, 0.5) is 0 Å². The highest BCUT2D eigenvalue weighted by atomic mass is 16.6. The molecule has 1 atom stereocenters. The average molecular weight is 853 g/mol. The van der Waals surface area contributed by atoms with E-state index in [1.165, 1.54) is 141 Å². The van der Waals surface area contributed by atoms with Gasteiger partial charge in [0.25, 0.3) is 0 Å². The van der Waals surface area contributed by atoms with Gasteiger partial charge in [-0.05, 0) is 38.5 Å². The van der Waals surface area contributed by atoms with Crippen molar-refractivity contribution in [1.29, 1.82) is 0 Å². The summed E-state index contributed by atoms with van der Waals surface area (Å²) in [4.78, 5) is 37.9. The number of allylic oxidation sites excluding steroid dienone is 10. The first kappa shape index (κ1) is 58.1. The minimum Gasteiger partial charge on any atom is -0.462 e. The molecule has 6 heteroatoms. The van der Waals surface area contributed by atoms with Crippen LogP contribution in [0, 0.1) is 0 Å². The number of esters is 3. The molecule has 0 bridgehead atoms. The quantitative estimate of drug-likeness (QED) is 0.0263. The van der Waals surface area contributed by atoms with Gasteiger partial charge in [-0.3, -0.25) is 14.4 Å². The maximum absolute atomic E-state index is 12.8. The van der Waals surface area contributed by atoms with Gasteiger partial charge in [-0.15, -0.1) is 0 Å². The SMILES string of the molecule is CC\C=C/C=C\C=C/C=C\C=C/CCCCCC(=O)OC(COC(=O)CCCCCCCCCCCCCC)COC(=O)CCCCCCCCCCCCCCCCCC. The summed E-state index contributed by atoms with van der Waals surface area (Å²) in [7, 11) is 0. The zero-order valence-corrected chi connectivity index (χ0v) is 40.2. The Morgan fingerprint density at radius 3 is 1.00 bits per heavy atom. The van der Waals surface area contributed by atoms with E-state index >= 15 is 0 Å². The molecule has 0 saturated heterocycles. The standard InChI is InChI=1S/C55H96O6/c1-4-7-10-13-16-19-22-25-27-29-30-33-36-39-42-45-48-54(57)60-51-52(50-59-53(56)47-44-41-38-35-32-24-21-18-15-12-9-6-3)61-55(58)49-46-43-40-37-34-31-28-26-23-20-17-14-11-8-5-2/h8,11,14,17,20,23,26,28,31,34,52H,4-7,9-10,12-13,15-16,18-19,21-22,24-25,27,29-30,32-33,35-51H2,1-3H3/b11-8-,17-14-,23-20-,28-26-,34-31-. The lowest BCUT2D eigenvalue weighted by atomic mass is 10.0. The minimum absolute atomic E-state index is 0.0883. The van der Waals surface area contributed by atoms with Gasteiger partial charge in [-0.25, -0.2) is 0 Å². The lowest BCUT2D eigenvalue weighted by Crippen LogP contribution is -2.30. The van der Waals surface area contributed by atoms with Crippen molar-refractivity contribution in [3.05, 3.63) is 60.8 Å². The fourth-order valence-electron chi connectivity index (χ4n) is 7.29. The molecule has 0 aliphatic carbocycles.